The zero-order valence-electron chi connectivity index (χ0n) is 14.4. The van der Waals surface area contributed by atoms with Gasteiger partial charge in [-0.3, -0.25) is 4.79 Å². The molecule has 7 heteroatoms. The first kappa shape index (κ1) is 19.1. The molecule has 2 aromatic carbocycles. The smallest absolute Gasteiger partial charge is 0.167 e. The summed E-state index contributed by atoms with van der Waals surface area (Å²) in [6.45, 7) is 1.13. The third-order valence-electron chi connectivity index (χ3n) is 3.52. The van der Waals surface area contributed by atoms with E-state index in [1.165, 1.54) is 26.2 Å². The minimum Gasteiger partial charge on any atom is -0.507 e. The van der Waals surface area contributed by atoms with Gasteiger partial charge in [0.25, 0.3) is 0 Å². The van der Waals surface area contributed by atoms with Gasteiger partial charge in [-0.25, -0.2) is 0 Å². The number of ketones is 1. The fraction of sp³-hybridized carbons (Fsp3) is 0.263. The number of aliphatic hydroxyl groups excluding tert-OH is 1. The summed E-state index contributed by atoms with van der Waals surface area (Å²) in [5, 5.41) is 28.7. The standard InChI is InChI=1S/C19H19NO6/c1-12(21)19-16(23)4-3-5-17(19)26-11-14(22)10-25-15-7-6-13(9-20)18(8-15)24-2/h3-8,14,22-23H,10-11H2,1-2H3. The molecule has 0 aliphatic heterocycles. The number of carbonyl (C=O) groups is 1. The van der Waals surface area contributed by atoms with Crippen LogP contribution in [0.3, 0.4) is 0 Å². The van der Waals surface area contributed by atoms with Crippen LogP contribution in [0.4, 0.5) is 0 Å². The van der Waals surface area contributed by atoms with Gasteiger partial charge in [0.1, 0.15) is 53.9 Å². The monoisotopic (exact) mass is 357 g/mol. The number of hydrogen-bond donors (Lipinski definition) is 2. The lowest BCUT2D eigenvalue weighted by Gasteiger charge is -2.16. The highest BCUT2D eigenvalue weighted by Gasteiger charge is 2.15. The Morgan fingerprint density at radius 2 is 1.92 bits per heavy atom. The van der Waals surface area contributed by atoms with Crippen LogP contribution in [-0.2, 0) is 0 Å². The fourth-order valence-corrected chi connectivity index (χ4v) is 2.27. The van der Waals surface area contributed by atoms with Crippen molar-refractivity contribution < 1.29 is 29.2 Å². The molecule has 0 aromatic heterocycles. The summed E-state index contributed by atoms with van der Waals surface area (Å²) in [7, 11) is 1.45. The van der Waals surface area contributed by atoms with Gasteiger partial charge in [-0.15, -0.1) is 0 Å². The number of ether oxygens (including phenoxy) is 3. The maximum absolute atomic E-state index is 11.6. The number of benzene rings is 2. The van der Waals surface area contributed by atoms with Crippen molar-refractivity contribution in [2.75, 3.05) is 20.3 Å². The predicted molar refractivity (Wildman–Crippen MR) is 92.8 cm³/mol. The molecule has 2 N–H and O–H groups in total. The van der Waals surface area contributed by atoms with Crippen LogP contribution in [-0.4, -0.2) is 42.4 Å². The van der Waals surface area contributed by atoms with Gasteiger partial charge in [-0.05, 0) is 31.2 Å². The minimum atomic E-state index is -0.973. The van der Waals surface area contributed by atoms with Crippen LogP contribution in [0.15, 0.2) is 36.4 Å². The lowest BCUT2D eigenvalue weighted by Crippen LogP contribution is -2.25. The Balaban J connectivity index is 1.94. The van der Waals surface area contributed by atoms with Gasteiger partial charge in [-0.1, -0.05) is 6.07 Å². The molecule has 0 saturated carbocycles. The molecule has 0 aliphatic rings. The molecule has 1 unspecified atom stereocenters. The molecule has 2 rings (SSSR count). The van der Waals surface area contributed by atoms with E-state index in [9.17, 15) is 15.0 Å². The van der Waals surface area contributed by atoms with Gasteiger partial charge < -0.3 is 24.4 Å². The van der Waals surface area contributed by atoms with Crippen molar-refractivity contribution >= 4 is 5.78 Å². The lowest BCUT2D eigenvalue weighted by molar-refractivity contribution is 0.0618. The third-order valence-corrected chi connectivity index (χ3v) is 3.52. The van der Waals surface area contributed by atoms with E-state index in [-0.39, 0.29) is 36.1 Å². The van der Waals surface area contributed by atoms with E-state index in [2.05, 4.69) is 0 Å². The van der Waals surface area contributed by atoms with Crippen LogP contribution in [0.5, 0.6) is 23.0 Å². The number of hydrogen-bond acceptors (Lipinski definition) is 7. The summed E-state index contributed by atoms with van der Waals surface area (Å²) in [4.78, 5) is 11.6. The minimum absolute atomic E-state index is 0.0662. The van der Waals surface area contributed by atoms with Crippen molar-refractivity contribution in [2.45, 2.75) is 13.0 Å². The van der Waals surface area contributed by atoms with Gasteiger partial charge in [0.2, 0.25) is 0 Å². The van der Waals surface area contributed by atoms with Crippen LogP contribution in [0.1, 0.15) is 22.8 Å². The third kappa shape index (κ3) is 4.65. The van der Waals surface area contributed by atoms with Crippen LogP contribution < -0.4 is 14.2 Å². The quantitative estimate of drug-likeness (QED) is 0.698. The largest absolute Gasteiger partial charge is 0.507 e. The number of methoxy groups -OCH3 is 1. The normalized spacial score (nSPS) is 11.3. The average molecular weight is 357 g/mol. The molecular weight excluding hydrogens is 338 g/mol. The molecular formula is C19H19NO6. The highest BCUT2D eigenvalue weighted by Crippen LogP contribution is 2.28. The van der Waals surface area contributed by atoms with Crippen molar-refractivity contribution in [3.8, 4) is 29.1 Å². The lowest BCUT2D eigenvalue weighted by atomic mass is 10.1. The Morgan fingerprint density at radius 3 is 2.58 bits per heavy atom. The number of nitriles is 1. The summed E-state index contributed by atoms with van der Waals surface area (Å²) in [5.74, 6) is 0.485. The molecule has 1 atom stereocenters. The number of phenols is 1. The second-order valence-corrected chi connectivity index (χ2v) is 5.46. The van der Waals surface area contributed by atoms with Crippen LogP contribution in [0, 0.1) is 11.3 Å². The maximum Gasteiger partial charge on any atom is 0.167 e. The molecule has 0 aliphatic carbocycles. The van der Waals surface area contributed by atoms with Crippen molar-refractivity contribution in [3.63, 3.8) is 0 Å². The molecule has 26 heavy (non-hydrogen) atoms. The molecule has 0 heterocycles. The number of aromatic hydroxyl groups is 1. The number of Topliss-reactive ketones (excluding diaryl/α,β-unsaturated/α-hetero) is 1. The Labute approximate surface area is 151 Å². The zero-order valence-corrected chi connectivity index (χ0v) is 14.4. The van der Waals surface area contributed by atoms with Crippen LogP contribution >= 0.6 is 0 Å². The van der Waals surface area contributed by atoms with Gasteiger partial charge >= 0.3 is 0 Å². The molecule has 0 bridgehead atoms. The summed E-state index contributed by atoms with van der Waals surface area (Å²) in [6, 6.07) is 11.2. The number of nitrogens with zero attached hydrogens (tertiary/aromatic N) is 1. The van der Waals surface area contributed by atoms with E-state index in [1.807, 2.05) is 6.07 Å². The van der Waals surface area contributed by atoms with E-state index >= 15 is 0 Å². The Hall–Kier alpha value is -3.24. The van der Waals surface area contributed by atoms with Crippen LogP contribution in [0.2, 0.25) is 0 Å². The number of aliphatic hydroxyl groups is 1. The topological polar surface area (TPSA) is 109 Å². The second-order valence-electron chi connectivity index (χ2n) is 5.46. The van der Waals surface area contributed by atoms with E-state index < -0.39 is 6.10 Å². The van der Waals surface area contributed by atoms with Gasteiger partial charge in [-0.2, -0.15) is 5.26 Å². The first-order valence-electron chi connectivity index (χ1n) is 7.81. The summed E-state index contributed by atoms with van der Waals surface area (Å²) in [6.07, 6.45) is -0.973. The SMILES string of the molecule is COc1cc(OCC(O)COc2cccc(O)c2C(C)=O)ccc1C#N. The Bertz CT molecular complexity index is 827. The van der Waals surface area contributed by atoms with Crippen molar-refractivity contribution in [3.05, 3.63) is 47.5 Å². The Morgan fingerprint density at radius 1 is 1.19 bits per heavy atom. The van der Waals surface area contributed by atoms with Crippen molar-refractivity contribution in [1.82, 2.24) is 0 Å². The number of phenolic OH excluding ortho intramolecular Hbond substituents is 1. The van der Waals surface area contributed by atoms with Crippen molar-refractivity contribution in [2.24, 2.45) is 0 Å². The highest BCUT2D eigenvalue weighted by atomic mass is 16.5. The van der Waals surface area contributed by atoms with Crippen molar-refractivity contribution in [1.29, 1.82) is 5.26 Å². The molecule has 0 saturated heterocycles. The number of carbonyl (C=O) groups excluding carboxylic acids is 1. The zero-order chi connectivity index (χ0) is 19.1. The second kappa shape index (κ2) is 8.74. The van der Waals surface area contributed by atoms with E-state index in [4.69, 9.17) is 19.5 Å². The predicted octanol–water partition coefficient (Wildman–Crippen LogP) is 2.29. The number of rotatable bonds is 8. The highest BCUT2D eigenvalue weighted by molar-refractivity contribution is 5.99. The first-order valence-corrected chi connectivity index (χ1v) is 7.81. The van der Waals surface area contributed by atoms with Gasteiger partial charge in [0.05, 0.1) is 12.7 Å². The molecule has 0 radical (unpaired) electrons. The molecule has 2 aromatic rings. The molecule has 7 nitrogen and oxygen atoms in total. The Kier molecular flexibility index (Phi) is 6.42. The van der Waals surface area contributed by atoms with E-state index in [0.29, 0.717) is 17.1 Å². The van der Waals surface area contributed by atoms with Crippen LogP contribution in [0.25, 0.3) is 0 Å². The molecule has 0 amide bonds. The van der Waals surface area contributed by atoms with Gasteiger partial charge in [0, 0.05) is 6.07 Å². The summed E-state index contributed by atoms with van der Waals surface area (Å²) < 4.78 is 16.0. The molecule has 0 spiro atoms. The molecule has 136 valence electrons. The van der Waals surface area contributed by atoms with Gasteiger partial charge in [0.15, 0.2) is 5.78 Å². The summed E-state index contributed by atoms with van der Waals surface area (Å²) in [5.41, 5.74) is 0.446. The summed E-state index contributed by atoms with van der Waals surface area (Å²) >= 11 is 0. The molecule has 0 fully saturated rings. The first-order chi connectivity index (χ1) is 12.5. The maximum atomic E-state index is 11.6. The fourth-order valence-electron chi connectivity index (χ4n) is 2.27. The van der Waals surface area contributed by atoms with E-state index in [0.717, 1.165) is 0 Å². The average Bonchev–Trinajstić information content (AvgIpc) is 2.63. The van der Waals surface area contributed by atoms with E-state index in [1.54, 1.807) is 24.3 Å².